The second-order valence-corrected chi connectivity index (χ2v) is 4.92. The number of nitrogens with one attached hydrogen (secondary N) is 1. The molecule has 1 aromatic rings. The Bertz CT molecular complexity index is 417. The van der Waals surface area contributed by atoms with E-state index in [9.17, 15) is 9.59 Å². The van der Waals surface area contributed by atoms with Gasteiger partial charge in [0.05, 0.1) is 5.01 Å². The molecule has 1 rings (SSSR count). The van der Waals surface area contributed by atoms with Gasteiger partial charge in [-0.3, -0.25) is 9.59 Å². The van der Waals surface area contributed by atoms with Gasteiger partial charge in [0.25, 0.3) is 0 Å². The number of amides is 1. The van der Waals surface area contributed by atoms with Crippen LogP contribution in [0, 0.1) is 12.8 Å². The highest BCUT2D eigenvalue weighted by Crippen LogP contribution is 2.18. The summed E-state index contributed by atoms with van der Waals surface area (Å²) < 4.78 is 0. The third-order valence-electron chi connectivity index (χ3n) is 2.40. The molecular weight excluding hydrogens is 240 g/mol. The van der Waals surface area contributed by atoms with Gasteiger partial charge < -0.3 is 10.4 Å². The monoisotopic (exact) mass is 256 g/mol. The number of carbonyl (C=O) groups excluding carboxylic acids is 1. The number of carboxylic acid groups (broad SMARTS) is 1. The Labute approximate surface area is 104 Å². The van der Waals surface area contributed by atoms with E-state index in [1.165, 1.54) is 6.92 Å². The molecule has 2 atom stereocenters. The first-order chi connectivity index (χ1) is 7.91. The van der Waals surface area contributed by atoms with Gasteiger partial charge in [0.15, 0.2) is 0 Å². The first-order valence-corrected chi connectivity index (χ1v) is 6.22. The van der Waals surface area contributed by atoms with E-state index in [0.717, 1.165) is 10.7 Å². The van der Waals surface area contributed by atoms with Gasteiger partial charge >= 0.3 is 5.97 Å². The molecule has 0 aliphatic heterocycles. The van der Waals surface area contributed by atoms with Crippen molar-refractivity contribution in [2.45, 2.75) is 26.7 Å². The minimum atomic E-state index is -1.11. The molecule has 1 amide bonds. The first-order valence-electron chi connectivity index (χ1n) is 5.34. The fourth-order valence-electron chi connectivity index (χ4n) is 1.20. The van der Waals surface area contributed by atoms with E-state index >= 15 is 0 Å². The fraction of sp³-hybridized carbons (Fsp3) is 0.545. The Morgan fingerprint density at radius 1 is 1.53 bits per heavy atom. The highest BCUT2D eigenvalue weighted by molar-refractivity contribution is 7.09. The summed E-state index contributed by atoms with van der Waals surface area (Å²) in [5, 5.41) is 14.2. The van der Waals surface area contributed by atoms with Crippen LogP contribution in [0.2, 0.25) is 0 Å². The zero-order valence-electron chi connectivity index (χ0n) is 10.1. The lowest BCUT2D eigenvalue weighted by Crippen LogP contribution is -2.35. The van der Waals surface area contributed by atoms with E-state index in [2.05, 4.69) is 10.3 Å². The molecule has 2 unspecified atom stereocenters. The Hall–Kier alpha value is -1.43. The molecule has 0 spiro atoms. The molecular formula is C11H16N2O3S. The minimum Gasteiger partial charge on any atom is -0.481 e. The van der Waals surface area contributed by atoms with Gasteiger partial charge in [0.2, 0.25) is 5.91 Å². The maximum Gasteiger partial charge on any atom is 0.315 e. The SMILES string of the molecule is Cc1csc(C(C)CNC(=O)C(C)C(=O)O)n1. The Balaban J connectivity index is 2.46. The van der Waals surface area contributed by atoms with Crippen LogP contribution in [0.1, 0.15) is 30.5 Å². The van der Waals surface area contributed by atoms with Crippen LogP contribution in [0.15, 0.2) is 5.38 Å². The van der Waals surface area contributed by atoms with Crippen LogP contribution in [0.5, 0.6) is 0 Å². The highest BCUT2D eigenvalue weighted by atomic mass is 32.1. The van der Waals surface area contributed by atoms with Crippen molar-refractivity contribution in [1.82, 2.24) is 10.3 Å². The van der Waals surface area contributed by atoms with Crippen molar-refractivity contribution in [1.29, 1.82) is 0 Å². The van der Waals surface area contributed by atoms with Crippen LogP contribution in [0.25, 0.3) is 0 Å². The molecule has 1 aromatic heterocycles. The number of aryl methyl sites for hydroxylation is 1. The van der Waals surface area contributed by atoms with Gasteiger partial charge in [0.1, 0.15) is 5.92 Å². The zero-order valence-corrected chi connectivity index (χ0v) is 10.9. The van der Waals surface area contributed by atoms with E-state index in [4.69, 9.17) is 5.11 Å². The van der Waals surface area contributed by atoms with Crippen molar-refractivity contribution in [2.24, 2.45) is 5.92 Å². The Kier molecular flexibility index (Phi) is 4.62. The largest absolute Gasteiger partial charge is 0.481 e. The van der Waals surface area contributed by atoms with Crippen LogP contribution >= 0.6 is 11.3 Å². The average Bonchev–Trinajstić information content (AvgIpc) is 2.71. The van der Waals surface area contributed by atoms with Crippen LogP contribution in [-0.4, -0.2) is 28.5 Å². The number of carboxylic acids is 1. The van der Waals surface area contributed by atoms with Crippen LogP contribution < -0.4 is 5.32 Å². The molecule has 0 aliphatic carbocycles. The molecule has 0 radical (unpaired) electrons. The van der Waals surface area contributed by atoms with Crippen LogP contribution in [0.4, 0.5) is 0 Å². The molecule has 2 N–H and O–H groups in total. The molecule has 0 saturated carbocycles. The van der Waals surface area contributed by atoms with Gasteiger partial charge in [-0.1, -0.05) is 6.92 Å². The molecule has 1 heterocycles. The summed E-state index contributed by atoms with van der Waals surface area (Å²) in [4.78, 5) is 26.3. The van der Waals surface area contributed by atoms with Crippen molar-refractivity contribution in [3.05, 3.63) is 16.1 Å². The van der Waals surface area contributed by atoms with Gasteiger partial charge in [0, 0.05) is 23.5 Å². The highest BCUT2D eigenvalue weighted by Gasteiger charge is 2.21. The van der Waals surface area contributed by atoms with Gasteiger partial charge in [-0.15, -0.1) is 11.3 Å². The third-order valence-corrected chi connectivity index (χ3v) is 3.60. The molecule has 5 nitrogen and oxygen atoms in total. The van der Waals surface area contributed by atoms with Crippen molar-refractivity contribution >= 4 is 23.2 Å². The minimum absolute atomic E-state index is 0.0960. The summed E-state index contributed by atoms with van der Waals surface area (Å²) in [7, 11) is 0. The number of hydrogen-bond acceptors (Lipinski definition) is 4. The quantitative estimate of drug-likeness (QED) is 0.780. The second kappa shape index (κ2) is 5.77. The van der Waals surface area contributed by atoms with E-state index in [-0.39, 0.29) is 5.92 Å². The molecule has 17 heavy (non-hydrogen) atoms. The maximum absolute atomic E-state index is 11.4. The number of rotatable bonds is 5. The fourth-order valence-corrected chi connectivity index (χ4v) is 2.06. The smallest absolute Gasteiger partial charge is 0.315 e. The predicted octanol–water partition coefficient (Wildman–Crippen LogP) is 1.39. The van der Waals surface area contributed by atoms with E-state index in [1.807, 2.05) is 19.2 Å². The van der Waals surface area contributed by atoms with Crippen molar-refractivity contribution in [2.75, 3.05) is 6.54 Å². The molecule has 0 bridgehead atoms. The molecule has 0 saturated heterocycles. The zero-order chi connectivity index (χ0) is 13.0. The molecule has 0 fully saturated rings. The van der Waals surface area contributed by atoms with E-state index < -0.39 is 17.8 Å². The topological polar surface area (TPSA) is 79.3 Å². The Morgan fingerprint density at radius 2 is 2.18 bits per heavy atom. The van der Waals surface area contributed by atoms with Gasteiger partial charge in [-0.25, -0.2) is 4.98 Å². The maximum atomic E-state index is 11.4. The lowest BCUT2D eigenvalue weighted by molar-refractivity contribution is -0.146. The predicted molar refractivity (Wildman–Crippen MR) is 65.1 cm³/mol. The lowest BCUT2D eigenvalue weighted by atomic mass is 10.1. The number of thiazole rings is 1. The van der Waals surface area contributed by atoms with E-state index in [0.29, 0.717) is 6.54 Å². The second-order valence-electron chi connectivity index (χ2n) is 4.03. The van der Waals surface area contributed by atoms with Gasteiger partial charge in [-0.2, -0.15) is 0 Å². The number of aromatic nitrogens is 1. The van der Waals surface area contributed by atoms with Crippen molar-refractivity contribution in [3.63, 3.8) is 0 Å². The molecule has 0 aliphatic rings. The lowest BCUT2D eigenvalue weighted by Gasteiger charge is -2.11. The van der Waals surface area contributed by atoms with Crippen LogP contribution in [-0.2, 0) is 9.59 Å². The summed E-state index contributed by atoms with van der Waals surface area (Å²) >= 11 is 1.55. The van der Waals surface area contributed by atoms with Crippen LogP contribution in [0.3, 0.4) is 0 Å². The molecule has 6 heteroatoms. The molecule has 0 aromatic carbocycles. The Morgan fingerprint density at radius 3 is 2.65 bits per heavy atom. The summed E-state index contributed by atoms with van der Waals surface area (Å²) in [6.07, 6.45) is 0. The summed E-state index contributed by atoms with van der Waals surface area (Å²) in [5.41, 5.74) is 0.960. The standard InChI is InChI=1S/C11H16N2O3S/c1-6(10-13-7(2)5-17-10)4-12-9(14)8(3)11(15)16/h5-6,8H,4H2,1-3H3,(H,12,14)(H,15,16). The normalized spacial score (nSPS) is 14.1. The number of nitrogens with zero attached hydrogens (tertiary/aromatic N) is 1. The average molecular weight is 256 g/mol. The van der Waals surface area contributed by atoms with Crippen molar-refractivity contribution < 1.29 is 14.7 Å². The summed E-state index contributed by atoms with van der Waals surface area (Å²) in [6.45, 7) is 5.64. The first kappa shape index (κ1) is 13.6. The van der Waals surface area contributed by atoms with Gasteiger partial charge in [-0.05, 0) is 13.8 Å². The third kappa shape index (κ3) is 3.81. The molecule has 94 valence electrons. The number of aliphatic carboxylic acids is 1. The number of carbonyl (C=O) groups is 2. The summed E-state index contributed by atoms with van der Waals surface area (Å²) in [6, 6.07) is 0. The summed E-state index contributed by atoms with van der Waals surface area (Å²) in [5.74, 6) is -2.49. The van der Waals surface area contributed by atoms with Crippen molar-refractivity contribution in [3.8, 4) is 0 Å². The van der Waals surface area contributed by atoms with E-state index in [1.54, 1.807) is 11.3 Å². The number of hydrogen-bond donors (Lipinski definition) is 2.